The van der Waals surface area contributed by atoms with E-state index in [1.54, 1.807) is 55.7 Å². The molecule has 0 saturated carbocycles. The van der Waals surface area contributed by atoms with Crippen molar-refractivity contribution >= 4 is 15.7 Å². The molecule has 2 heterocycles. The highest BCUT2D eigenvalue weighted by Crippen LogP contribution is 2.39. The van der Waals surface area contributed by atoms with Gasteiger partial charge < -0.3 is 0 Å². The molecule has 0 aliphatic carbocycles. The Morgan fingerprint density at radius 1 is 0.872 bits per heavy atom. The largest absolute Gasteiger partial charge is 0.275 e. The standard InChI is InChI=1S/C28H20F4N4O2S/c1-35-17-21(19-11-13-33-14-12-19)28(34-35)26-23(31)9-10-24(27(26)32)36(16-18-5-3-2-4-6-18)39(37,38)25-15-20(29)7-8-22(25)30/h2-15,17H,16H2,1H3. The van der Waals surface area contributed by atoms with Gasteiger partial charge in [0.1, 0.15) is 28.0 Å². The zero-order chi connectivity index (χ0) is 27.7. The number of anilines is 1. The Morgan fingerprint density at radius 3 is 2.28 bits per heavy atom. The van der Waals surface area contributed by atoms with Crippen LogP contribution in [-0.4, -0.2) is 23.2 Å². The van der Waals surface area contributed by atoms with Gasteiger partial charge in [0.25, 0.3) is 10.0 Å². The number of pyridine rings is 1. The molecule has 5 aromatic rings. The summed E-state index contributed by atoms with van der Waals surface area (Å²) in [6.45, 7) is -0.444. The van der Waals surface area contributed by atoms with Gasteiger partial charge in [-0.2, -0.15) is 5.10 Å². The van der Waals surface area contributed by atoms with Crippen LogP contribution in [0.2, 0.25) is 0 Å². The quantitative estimate of drug-likeness (QED) is 0.229. The van der Waals surface area contributed by atoms with E-state index >= 15 is 8.78 Å². The summed E-state index contributed by atoms with van der Waals surface area (Å²) in [5.41, 5.74) is 0.169. The Balaban J connectivity index is 1.73. The number of halogens is 4. The van der Waals surface area contributed by atoms with Crippen molar-refractivity contribution in [1.82, 2.24) is 14.8 Å². The fourth-order valence-corrected chi connectivity index (χ4v) is 5.74. The van der Waals surface area contributed by atoms with Gasteiger partial charge in [-0.15, -0.1) is 0 Å². The molecule has 39 heavy (non-hydrogen) atoms. The van der Waals surface area contributed by atoms with Crippen LogP contribution in [0.15, 0.2) is 96.3 Å². The highest BCUT2D eigenvalue weighted by Gasteiger charge is 2.33. The molecule has 198 valence electrons. The molecule has 3 aromatic carbocycles. The first kappa shape index (κ1) is 26.1. The van der Waals surface area contributed by atoms with Crippen LogP contribution in [0.3, 0.4) is 0 Å². The van der Waals surface area contributed by atoms with Gasteiger partial charge in [-0.05, 0) is 53.6 Å². The van der Waals surface area contributed by atoms with E-state index in [1.165, 1.54) is 17.1 Å². The fourth-order valence-electron chi connectivity index (χ4n) is 4.21. The summed E-state index contributed by atoms with van der Waals surface area (Å²) in [4.78, 5) is 2.97. The first-order valence-corrected chi connectivity index (χ1v) is 13.0. The van der Waals surface area contributed by atoms with Gasteiger partial charge in [-0.1, -0.05) is 30.3 Å². The second-order valence-electron chi connectivity index (χ2n) is 8.63. The molecule has 0 amide bonds. The summed E-state index contributed by atoms with van der Waals surface area (Å²) in [5, 5.41) is 4.25. The third kappa shape index (κ3) is 5.00. The molecule has 0 aliphatic heterocycles. The van der Waals surface area contributed by atoms with Crippen LogP contribution in [0.4, 0.5) is 23.2 Å². The lowest BCUT2D eigenvalue weighted by Crippen LogP contribution is -2.32. The highest BCUT2D eigenvalue weighted by molar-refractivity contribution is 7.92. The summed E-state index contributed by atoms with van der Waals surface area (Å²) in [6.07, 6.45) is 4.59. The molecule has 0 aliphatic rings. The van der Waals surface area contributed by atoms with Gasteiger partial charge in [0.05, 0.1) is 17.8 Å². The molecule has 0 radical (unpaired) electrons. The molecule has 0 saturated heterocycles. The molecular formula is C28H20F4N4O2S. The predicted molar refractivity (Wildman–Crippen MR) is 138 cm³/mol. The number of nitrogens with zero attached hydrogens (tertiary/aromatic N) is 4. The second-order valence-corrected chi connectivity index (χ2v) is 10.5. The summed E-state index contributed by atoms with van der Waals surface area (Å²) in [7, 11) is -3.30. The van der Waals surface area contributed by atoms with Gasteiger partial charge in [0.2, 0.25) is 0 Å². The molecule has 5 rings (SSSR count). The Kier molecular flexibility index (Phi) is 6.92. The van der Waals surface area contributed by atoms with Gasteiger partial charge in [0.15, 0.2) is 5.82 Å². The molecule has 11 heteroatoms. The summed E-state index contributed by atoms with van der Waals surface area (Å²) in [6, 6.07) is 15.3. The van der Waals surface area contributed by atoms with E-state index in [1.807, 2.05) is 0 Å². The van der Waals surface area contributed by atoms with Crippen molar-refractivity contribution in [3.8, 4) is 22.4 Å². The van der Waals surface area contributed by atoms with Crippen LogP contribution >= 0.6 is 0 Å². The minimum Gasteiger partial charge on any atom is -0.275 e. The number of aromatic nitrogens is 3. The van der Waals surface area contributed by atoms with Crippen LogP contribution in [0.5, 0.6) is 0 Å². The van der Waals surface area contributed by atoms with Crippen molar-refractivity contribution in [1.29, 1.82) is 0 Å². The van der Waals surface area contributed by atoms with Gasteiger partial charge in [-0.25, -0.2) is 26.0 Å². The fraction of sp³-hybridized carbons (Fsp3) is 0.0714. The number of hydrogen-bond donors (Lipinski definition) is 0. The Hall–Kier alpha value is -4.51. The monoisotopic (exact) mass is 552 g/mol. The van der Waals surface area contributed by atoms with Crippen LogP contribution in [0.25, 0.3) is 22.4 Å². The number of aryl methyl sites for hydroxylation is 1. The zero-order valence-corrected chi connectivity index (χ0v) is 21.2. The molecule has 0 bridgehead atoms. The third-order valence-corrected chi connectivity index (χ3v) is 7.80. The Labute approximate surface area is 221 Å². The lowest BCUT2D eigenvalue weighted by atomic mass is 10.0. The second kappa shape index (κ2) is 10.3. The maximum atomic E-state index is 16.3. The minimum atomic E-state index is -4.87. The third-order valence-electron chi connectivity index (χ3n) is 6.03. The van der Waals surface area contributed by atoms with Crippen LogP contribution in [0, 0.1) is 23.3 Å². The van der Waals surface area contributed by atoms with E-state index in [4.69, 9.17) is 0 Å². The molecule has 2 aromatic heterocycles. The SMILES string of the molecule is Cn1cc(-c2ccncc2)c(-c2c(F)ccc(N(Cc3ccccc3)S(=O)(=O)c3cc(F)ccc3F)c2F)n1. The van der Waals surface area contributed by atoms with Gasteiger partial charge in [-0.3, -0.25) is 14.0 Å². The maximum Gasteiger partial charge on any atom is 0.267 e. The highest BCUT2D eigenvalue weighted by atomic mass is 32.2. The molecular weight excluding hydrogens is 532 g/mol. The van der Waals surface area contributed by atoms with Crippen LogP contribution in [0.1, 0.15) is 5.56 Å². The molecule has 0 fully saturated rings. The average molecular weight is 553 g/mol. The molecule has 0 unspecified atom stereocenters. The smallest absolute Gasteiger partial charge is 0.267 e. The number of hydrogen-bond acceptors (Lipinski definition) is 4. The van der Waals surface area contributed by atoms with Gasteiger partial charge in [0, 0.05) is 31.2 Å². The summed E-state index contributed by atoms with van der Waals surface area (Å²) >= 11 is 0. The van der Waals surface area contributed by atoms with Crippen molar-refractivity contribution in [3.63, 3.8) is 0 Å². The lowest BCUT2D eigenvalue weighted by molar-refractivity contribution is 0.548. The van der Waals surface area contributed by atoms with E-state index < -0.39 is 56.0 Å². The van der Waals surface area contributed by atoms with Gasteiger partial charge >= 0.3 is 0 Å². The molecule has 0 spiro atoms. The first-order valence-electron chi connectivity index (χ1n) is 11.6. The zero-order valence-electron chi connectivity index (χ0n) is 20.4. The van der Waals surface area contributed by atoms with Crippen molar-refractivity contribution in [3.05, 3.63) is 120 Å². The van der Waals surface area contributed by atoms with E-state index in [9.17, 15) is 17.2 Å². The maximum absolute atomic E-state index is 16.3. The number of sulfonamides is 1. The van der Waals surface area contributed by atoms with Crippen LogP contribution < -0.4 is 4.31 Å². The first-order chi connectivity index (χ1) is 18.7. The predicted octanol–water partition coefficient (Wildman–Crippen LogP) is 6.10. The molecule has 0 atom stereocenters. The topological polar surface area (TPSA) is 68.1 Å². The Morgan fingerprint density at radius 2 is 1.56 bits per heavy atom. The van der Waals surface area contributed by atoms with E-state index in [0.717, 1.165) is 18.2 Å². The van der Waals surface area contributed by atoms with E-state index in [-0.39, 0.29) is 5.69 Å². The lowest BCUT2D eigenvalue weighted by Gasteiger charge is -2.26. The Bertz CT molecular complexity index is 1760. The number of benzene rings is 3. The van der Waals surface area contributed by atoms with E-state index in [2.05, 4.69) is 10.1 Å². The number of rotatable bonds is 7. The normalized spacial score (nSPS) is 11.5. The van der Waals surface area contributed by atoms with E-state index in [0.29, 0.717) is 33.1 Å². The average Bonchev–Trinajstić information content (AvgIpc) is 3.31. The molecule has 0 N–H and O–H groups in total. The van der Waals surface area contributed by atoms with Crippen LogP contribution in [-0.2, 0) is 23.6 Å². The summed E-state index contributed by atoms with van der Waals surface area (Å²) < 4.78 is 89.7. The van der Waals surface area contributed by atoms with Crippen molar-refractivity contribution in [2.45, 2.75) is 11.4 Å². The van der Waals surface area contributed by atoms with Crippen molar-refractivity contribution < 1.29 is 26.0 Å². The van der Waals surface area contributed by atoms with Crippen molar-refractivity contribution in [2.24, 2.45) is 7.05 Å². The van der Waals surface area contributed by atoms with Crippen molar-refractivity contribution in [2.75, 3.05) is 4.31 Å². The molecule has 6 nitrogen and oxygen atoms in total. The minimum absolute atomic E-state index is 0.0745. The summed E-state index contributed by atoms with van der Waals surface area (Å²) in [5.74, 6) is -4.44.